The lowest BCUT2D eigenvalue weighted by Gasteiger charge is -2.22. The first-order valence-corrected chi connectivity index (χ1v) is 10.2. The molecule has 0 aliphatic carbocycles. The van der Waals surface area contributed by atoms with Gasteiger partial charge in [-0.2, -0.15) is 0 Å². The number of ether oxygens (including phenoxy) is 2. The Morgan fingerprint density at radius 2 is 0.935 bits per heavy atom. The lowest BCUT2D eigenvalue weighted by atomic mass is 10.2. The summed E-state index contributed by atoms with van der Waals surface area (Å²) in [5.74, 6) is -1.76. The molecule has 2 aromatic carbocycles. The van der Waals surface area contributed by atoms with Crippen LogP contribution in [0.1, 0.15) is 68.7 Å². The quantitative estimate of drug-likeness (QED) is 0.562. The van der Waals surface area contributed by atoms with Crippen LogP contribution in [0.3, 0.4) is 0 Å². The number of rotatable bonds is 6. The predicted molar refractivity (Wildman–Crippen MR) is 123 cm³/mol. The summed E-state index contributed by atoms with van der Waals surface area (Å²) in [6.45, 7) is 14.0. The molecule has 0 heterocycles. The highest BCUT2D eigenvalue weighted by Gasteiger charge is 2.11. The SMILES string of the molecule is CC(C)(C)OCCCOC(C)(C)C.O=C(O)c1ccccc1.O=C(O)c1ccccc1. The smallest absolute Gasteiger partial charge is 0.335 e. The normalized spacial score (nSPS) is 10.8. The van der Waals surface area contributed by atoms with Crippen LogP contribution < -0.4 is 0 Å². The Morgan fingerprint density at radius 1 is 0.645 bits per heavy atom. The monoisotopic (exact) mass is 432 g/mol. The number of hydrogen-bond acceptors (Lipinski definition) is 4. The topological polar surface area (TPSA) is 93.1 Å². The van der Waals surface area contributed by atoms with Gasteiger partial charge in [0.25, 0.3) is 0 Å². The van der Waals surface area contributed by atoms with E-state index >= 15 is 0 Å². The fraction of sp³-hybridized carbons (Fsp3) is 0.440. The maximum atomic E-state index is 10.2. The number of hydrogen-bond donors (Lipinski definition) is 2. The van der Waals surface area contributed by atoms with Crippen molar-refractivity contribution in [2.45, 2.75) is 59.2 Å². The van der Waals surface area contributed by atoms with Gasteiger partial charge in [-0.15, -0.1) is 0 Å². The fourth-order valence-corrected chi connectivity index (χ4v) is 1.98. The van der Waals surface area contributed by atoms with Crippen molar-refractivity contribution in [1.82, 2.24) is 0 Å². The molecule has 0 aliphatic heterocycles. The van der Waals surface area contributed by atoms with Crippen LogP contribution >= 0.6 is 0 Å². The summed E-state index contributed by atoms with van der Waals surface area (Å²) < 4.78 is 11.1. The van der Waals surface area contributed by atoms with Gasteiger partial charge in [0.15, 0.2) is 0 Å². The molecule has 2 N–H and O–H groups in total. The third-order valence-electron chi connectivity index (χ3n) is 3.40. The zero-order valence-corrected chi connectivity index (χ0v) is 19.4. The Labute approximate surface area is 185 Å². The van der Waals surface area contributed by atoms with Gasteiger partial charge in [0.1, 0.15) is 0 Å². The van der Waals surface area contributed by atoms with E-state index in [9.17, 15) is 9.59 Å². The molecule has 0 fully saturated rings. The third kappa shape index (κ3) is 17.8. The average molecular weight is 433 g/mol. The summed E-state index contributed by atoms with van der Waals surface area (Å²) in [6.07, 6.45) is 0.967. The molecule has 172 valence electrons. The van der Waals surface area contributed by atoms with Gasteiger partial charge in [0.2, 0.25) is 0 Å². The van der Waals surface area contributed by atoms with Gasteiger partial charge in [-0.3, -0.25) is 0 Å². The van der Waals surface area contributed by atoms with E-state index in [1.165, 1.54) is 0 Å². The lowest BCUT2D eigenvalue weighted by Crippen LogP contribution is -2.23. The Kier molecular flexibility index (Phi) is 13.1. The number of carboxylic acids is 2. The van der Waals surface area contributed by atoms with E-state index in [2.05, 4.69) is 41.5 Å². The highest BCUT2D eigenvalue weighted by Crippen LogP contribution is 2.09. The molecule has 0 aliphatic rings. The van der Waals surface area contributed by atoms with Crippen molar-refractivity contribution in [3.63, 3.8) is 0 Å². The zero-order valence-electron chi connectivity index (χ0n) is 19.4. The Bertz CT molecular complexity index is 678. The number of aromatic carboxylic acids is 2. The van der Waals surface area contributed by atoms with E-state index in [4.69, 9.17) is 19.7 Å². The summed E-state index contributed by atoms with van der Waals surface area (Å²) in [5.41, 5.74) is 0.610. The highest BCUT2D eigenvalue weighted by atomic mass is 16.5. The average Bonchev–Trinajstić information content (AvgIpc) is 2.68. The van der Waals surface area contributed by atoms with Crippen LogP contribution in [0.2, 0.25) is 0 Å². The second-order valence-corrected chi connectivity index (χ2v) is 8.62. The molecule has 0 amide bonds. The number of benzene rings is 2. The van der Waals surface area contributed by atoms with Gasteiger partial charge < -0.3 is 19.7 Å². The van der Waals surface area contributed by atoms with Crippen molar-refractivity contribution in [3.8, 4) is 0 Å². The van der Waals surface area contributed by atoms with Gasteiger partial charge >= 0.3 is 11.9 Å². The van der Waals surface area contributed by atoms with Crippen molar-refractivity contribution < 1.29 is 29.3 Å². The van der Waals surface area contributed by atoms with Crippen molar-refractivity contribution in [2.24, 2.45) is 0 Å². The van der Waals surface area contributed by atoms with E-state index < -0.39 is 11.9 Å². The highest BCUT2D eigenvalue weighted by molar-refractivity contribution is 5.87. The minimum atomic E-state index is -0.879. The maximum absolute atomic E-state index is 10.2. The van der Waals surface area contributed by atoms with Gasteiger partial charge in [0.05, 0.1) is 22.3 Å². The minimum Gasteiger partial charge on any atom is -0.478 e. The molecule has 0 saturated carbocycles. The molecule has 0 unspecified atom stereocenters. The van der Waals surface area contributed by atoms with E-state index in [-0.39, 0.29) is 11.2 Å². The Balaban J connectivity index is 0.000000445. The molecule has 2 rings (SSSR count). The summed E-state index contributed by atoms with van der Waals surface area (Å²) in [4.78, 5) is 20.4. The molecular weight excluding hydrogens is 396 g/mol. The second kappa shape index (κ2) is 14.3. The summed E-state index contributed by atoms with van der Waals surface area (Å²) in [7, 11) is 0. The van der Waals surface area contributed by atoms with Crippen LogP contribution in [0.5, 0.6) is 0 Å². The van der Waals surface area contributed by atoms with E-state index in [1.54, 1.807) is 60.7 Å². The largest absolute Gasteiger partial charge is 0.478 e. The van der Waals surface area contributed by atoms with Gasteiger partial charge in [-0.05, 0) is 72.2 Å². The van der Waals surface area contributed by atoms with Crippen molar-refractivity contribution >= 4 is 11.9 Å². The molecule has 0 atom stereocenters. The molecule has 2 aromatic rings. The fourth-order valence-electron chi connectivity index (χ4n) is 1.98. The van der Waals surface area contributed by atoms with Crippen LogP contribution in [0.25, 0.3) is 0 Å². The van der Waals surface area contributed by atoms with E-state index in [0.29, 0.717) is 11.1 Å². The molecule has 0 radical (unpaired) electrons. The summed E-state index contributed by atoms with van der Waals surface area (Å²) >= 11 is 0. The third-order valence-corrected chi connectivity index (χ3v) is 3.40. The minimum absolute atomic E-state index is 0.0261. The van der Waals surface area contributed by atoms with Gasteiger partial charge in [-0.25, -0.2) is 9.59 Å². The summed E-state index contributed by atoms with van der Waals surface area (Å²) in [5, 5.41) is 16.8. The Morgan fingerprint density at radius 3 is 1.13 bits per heavy atom. The molecule has 0 saturated heterocycles. The molecule has 6 heteroatoms. The maximum Gasteiger partial charge on any atom is 0.335 e. The Hall–Kier alpha value is -2.70. The van der Waals surface area contributed by atoms with Crippen LogP contribution in [0.15, 0.2) is 60.7 Å². The summed E-state index contributed by atoms with van der Waals surface area (Å²) in [6, 6.07) is 16.6. The van der Waals surface area contributed by atoms with Crippen LogP contribution in [-0.2, 0) is 9.47 Å². The van der Waals surface area contributed by atoms with Crippen LogP contribution in [0, 0.1) is 0 Å². The number of carbonyl (C=O) groups is 2. The second-order valence-electron chi connectivity index (χ2n) is 8.62. The van der Waals surface area contributed by atoms with Crippen molar-refractivity contribution in [2.75, 3.05) is 13.2 Å². The van der Waals surface area contributed by atoms with Gasteiger partial charge in [-0.1, -0.05) is 36.4 Å². The predicted octanol–water partition coefficient (Wildman–Crippen LogP) is 5.78. The first kappa shape index (κ1) is 28.3. The molecule has 6 nitrogen and oxygen atoms in total. The number of carboxylic acid groups (broad SMARTS) is 2. The van der Waals surface area contributed by atoms with Crippen molar-refractivity contribution in [1.29, 1.82) is 0 Å². The lowest BCUT2D eigenvalue weighted by molar-refractivity contribution is -0.0394. The molecular formula is C25H36O6. The molecule has 0 aromatic heterocycles. The van der Waals surface area contributed by atoms with Crippen LogP contribution in [-0.4, -0.2) is 46.6 Å². The first-order chi connectivity index (χ1) is 14.3. The van der Waals surface area contributed by atoms with E-state index in [1.807, 2.05) is 0 Å². The van der Waals surface area contributed by atoms with Gasteiger partial charge in [0, 0.05) is 13.2 Å². The molecule has 0 bridgehead atoms. The standard InChI is InChI=1S/C11H24O2.2C7H6O2/c1-10(2,3)12-8-7-9-13-11(4,5)6;2*8-7(9)6-4-2-1-3-5-6/h7-9H2,1-6H3;2*1-5H,(H,8,9). The van der Waals surface area contributed by atoms with Crippen LogP contribution in [0.4, 0.5) is 0 Å². The first-order valence-electron chi connectivity index (χ1n) is 10.2. The van der Waals surface area contributed by atoms with Crippen molar-refractivity contribution in [3.05, 3.63) is 71.8 Å². The molecule has 0 spiro atoms. The van der Waals surface area contributed by atoms with E-state index in [0.717, 1.165) is 19.6 Å². The zero-order chi connectivity index (χ0) is 23.9. The molecule has 31 heavy (non-hydrogen) atoms.